The highest BCUT2D eigenvalue weighted by Gasteiger charge is 2.50. The predicted octanol–water partition coefficient (Wildman–Crippen LogP) is 7.04. The molecule has 4 fully saturated rings. The number of carboxylic acid groups (broad SMARTS) is 1. The van der Waals surface area contributed by atoms with E-state index in [0.29, 0.717) is 22.4 Å². The lowest BCUT2D eigenvalue weighted by Crippen LogP contribution is -2.46. The lowest BCUT2D eigenvalue weighted by molar-refractivity contribution is -0.136. The van der Waals surface area contributed by atoms with Gasteiger partial charge in [0.05, 0.1) is 12.1 Å². The van der Waals surface area contributed by atoms with Crippen LogP contribution >= 0.6 is 0 Å². The number of aromatic nitrogens is 2. The molecule has 7 rings (SSSR count). The second-order valence-corrected chi connectivity index (χ2v) is 13.2. The van der Waals surface area contributed by atoms with Crippen molar-refractivity contribution in [3.8, 4) is 11.4 Å². The Bertz CT molecular complexity index is 1430. The van der Waals surface area contributed by atoms with Gasteiger partial charge in [0, 0.05) is 18.3 Å². The van der Waals surface area contributed by atoms with Gasteiger partial charge in [0.2, 0.25) is 0 Å². The van der Waals surface area contributed by atoms with Gasteiger partial charge in [-0.1, -0.05) is 29.8 Å². The third-order valence-electron chi connectivity index (χ3n) is 9.88. The third kappa shape index (κ3) is 5.09. The summed E-state index contributed by atoms with van der Waals surface area (Å²) in [6.07, 6.45) is 10.1. The number of imidazole rings is 1. The molecule has 4 aliphatic carbocycles. The molecule has 0 unspecified atom stereocenters. The number of carbonyl (C=O) groups is 2. The highest BCUT2D eigenvalue weighted by Crippen LogP contribution is 2.61. The molecule has 1 amide bonds. The van der Waals surface area contributed by atoms with Crippen molar-refractivity contribution in [1.82, 2.24) is 9.55 Å². The Morgan fingerprint density at radius 3 is 2.23 bits per heavy atom. The van der Waals surface area contributed by atoms with E-state index in [4.69, 9.17) is 4.98 Å². The molecule has 0 saturated heterocycles. The molecule has 40 heavy (non-hydrogen) atoms. The largest absolute Gasteiger partial charge is 0.481 e. The lowest BCUT2D eigenvalue weighted by Gasteiger charge is -2.57. The van der Waals surface area contributed by atoms with Gasteiger partial charge in [0.25, 0.3) is 5.91 Å². The molecule has 2 N–H and O–H groups in total. The number of aliphatic carboxylic acids is 1. The van der Waals surface area contributed by atoms with Gasteiger partial charge in [-0.3, -0.25) is 9.59 Å². The normalized spacial score (nSPS) is 24.9. The number of nitrogens with zero attached hydrogens (tertiary/aromatic N) is 2. The standard InChI is InChI=1S/C34H41N3O3/c1-20-10-21(2)30(22(3)11-20)32-36-28(8-9-34-17-24-12-25(18-34)14-26(13-24)19-34)31(37(32)4)33(40)35-27-7-5-6-23(15-27)16-29(38)39/h5-7,10-11,15,24-26H,8-9,12-14,16-19H2,1-4H3,(H,35,40)(H,38,39). The average Bonchev–Trinajstić information content (AvgIpc) is 3.17. The maximum absolute atomic E-state index is 13.9. The van der Waals surface area contributed by atoms with E-state index >= 15 is 0 Å². The van der Waals surface area contributed by atoms with Crippen molar-refractivity contribution in [3.05, 3.63) is 70.0 Å². The van der Waals surface area contributed by atoms with Crippen LogP contribution in [0.1, 0.15) is 83.4 Å². The molecule has 4 bridgehead atoms. The van der Waals surface area contributed by atoms with Crippen LogP contribution in [0.25, 0.3) is 11.4 Å². The van der Waals surface area contributed by atoms with Crippen molar-refractivity contribution in [1.29, 1.82) is 0 Å². The number of nitrogens with one attached hydrogen (secondary N) is 1. The lowest BCUT2D eigenvalue weighted by atomic mass is 9.48. The molecule has 0 spiro atoms. The topological polar surface area (TPSA) is 84.2 Å². The molecule has 0 radical (unpaired) electrons. The Balaban J connectivity index is 1.34. The van der Waals surface area contributed by atoms with Crippen LogP contribution in [0.2, 0.25) is 0 Å². The number of amides is 1. The first-order valence-corrected chi connectivity index (χ1v) is 14.8. The summed E-state index contributed by atoms with van der Waals surface area (Å²) in [7, 11) is 1.95. The molecule has 2 aromatic carbocycles. The van der Waals surface area contributed by atoms with Gasteiger partial charge in [-0.15, -0.1) is 0 Å². The Hall–Kier alpha value is -3.41. The zero-order valence-corrected chi connectivity index (χ0v) is 24.2. The van der Waals surface area contributed by atoms with Gasteiger partial charge in [-0.2, -0.15) is 0 Å². The fourth-order valence-corrected chi connectivity index (χ4v) is 8.87. The van der Waals surface area contributed by atoms with Crippen LogP contribution in [0.4, 0.5) is 5.69 Å². The summed E-state index contributed by atoms with van der Waals surface area (Å²) in [4.78, 5) is 30.3. The van der Waals surface area contributed by atoms with Crippen LogP contribution < -0.4 is 5.32 Å². The number of carbonyl (C=O) groups excluding carboxylic acids is 1. The second kappa shape index (κ2) is 10.2. The van der Waals surface area contributed by atoms with E-state index in [1.54, 1.807) is 18.2 Å². The van der Waals surface area contributed by atoms with E-state index in [0.717, 1.165) is 58.8 Å². The number of hydrogen-bond donors (Lipinski definition) is 2. The summed E-state index contributed by atoms with van der Waals surface area (Å²) in [5.41, 5.74) is 7.75. The minimum absolute atomic E-state index is 0.0815. The number of aryl methyl sites for hydroxylation is 4. The quantitative estimate of drug-likeness (QED) is 0.322. The first-order valence-electron chi connectivity index (χ1n) is 14.8. The third-order valence-corrected chi connectivity index (χ3v) is 9.88. The molecule has 6 heteroatoms. The summed E-state index contributed by atoms with van der Waals surface area (Å²) in [6.45, 7) is 6.34. The maximum atomic E-state index is 13.9. The van der Waals surface area contributed by atoms with Gasteiger partial charge in [-0.25, -0.2) is 4.98 Å². The molecule has 0 atom stereocenters. The Labute approximate surface area is 237 Å². The van der Waals surface area contributed by atoms with Crippen LogP contribution in [-0.4, -0.2) is 26.5 Å². The summed E-state index contributed by atoms with van der Waals surface area (Å²) < 4.78 is 1.97. The number of benzene rings is 2. The van der Waals surface area contributed by atoms with Gasteiger partial charge >= 0.3 is 5.97 Å². The smallest absolute Gasteiger partial charge is 0.307 e. The highest BCUT2D eigenvalue weighted by molar-refractivity contribution is 6.04. The molecule has 3 aromatic rings. The number of carboxylic acids is 1. The average molecular weight is 540 g/mol. The minimum atomic E-state index is -0.893. The summed E-state index contributed by atoms with van der Waals surface area (Å²) in [5, 5.41) is 12.3. The summed E-state index contributed by atoms with van der Waals surface area (Å²) >= 11 is 0. The molecule has 0 aliphatic heterocycles. The van der Waals surface area contributed by atoms with Crippen LogP contribution in [0.5, 0.6) is 0 Å². The molecule has 210 valence electrons. The predicted molar refractivity (Wildman–Crippen MR) is 158 cm³/mol. The fraction of sp³-hybridized carbons (Fsp3) is 0.500. The van der Waals surface area contributed by atoms with Crippen molar-refractivity contribution < 1.29 is 14.7 Å². The number of rotatable bonds is 8. The summed E-state index contributed by atoms with van der Waals surface area (Å²) in [5.74, 6) is 2.42. The van der Waals surface area contributed by atoms with Crippen molar-refractivity contribution in [2.75, 3.05) is 5.32 Å². The summed E-state index contributed by atoms with van der Waals surface area (Å²) in [6, 6.07) is 11.5. The number of anilines is 1. The zero-order valence-electron chi connectivity index (χ0n) is 24.2. The van der Waals surface area contributed by atoms with Crippen molar-refractivity contribution in [3.63, 3.8) is 0 Å². The van der Waals surface area contributed by atoms with E-state index in [1.807, 2.05) is 17.7 Å². The Kier molecular flexibility index (Phi) is 6.84. The van der Waals surface area contributed by atoms with E-state index in [9.17, 15) is 14.7 Å². The van der Waals surface area contributed by atoms with Gasteiger partial charge in [0.1, 0.15) is 11.5 Å². The molecule has 1 aromatic heterocycles. The molecule has 4 saturated carbocycles. The van der Waals surface area contributed by atoms with E-state index in [-0.39, 0.29) is 12.3 Å². The van der Waals surface area contributed by atoms with Crippen molar-refractivity contribution >= 4 is 17.6 Å². The SMILES string of the molecule is Cc1cc(C)c(-c2nc(CCC34CC5CC(CC(C5)C3)C4)c(C(=O)Nc3cccc(CC(=O)O)c3)n2C)c(C)c1. The van der Waals surface area contributed by atoms with Gasteiger partial charge in [-0.05, 0) is 124 Å². The molecule has 4 aliphatic rings. The van der Waals surface area contributed by atoms with Crippen LogP contribution in [0, 0.1) is 43.9 Å². The maximum Gasteiger partial charge on any atom is 0.307 e. The first kappa shape index (κ1) is 26.8. The molecule has 1 heterocycles. The van der Waals surface area contributed by atoms with E-state index in [1.165, 1.54) is 44.1 Å². The zero-order chi connectivity index (χ0) is 28.2. The highest BCUT2D eigenvalue weighted by atomic mass is 16.4. The second-order valence-electron chi connectivity index (χ2n) is 13.2. The molecule has 6 nitrogen and oxygen atoms in total. The molecular formula is C34H41N3O3. The minimum Gasteiger partial charge on any atom is -0.481 e. The first-order chi connectivity index (χ1) is 19.1. The monoisotopic (exact) mass is 539 g/mol. The van der Waals surface area contributed by atoms with Gasteiger partial charge < -0.3 is 15.0 Å². The van der Waals surface area contributed by atoms with E-state index < -0.39 is 5.97 Å². The number of hydrogen-bond acceptors (Lipinski definition) is 3. The van der Waals surface area contributed by atoms with Gasteiger partial charge in [0.15, 0.2) is 0 Å². The van der Waals surface area contributed by atoms with Crippen LogP contribution in [0.3, 0.4) is 0 Å². The Morgan fingerprint density at radius 1 is 1.00 bits per heavy atom. The van der Waals surface area contributed by atoms with Crippen molar-refractivity contribution in [2.24, 2.45) is 30.2 Å². The fourth-order valence-electron chi connectivity index (χ4n) is 8.87. The van der Waals surface area contributed by atoms with E-state index in [2.05, 4.69) is 38.2 Å². The van der Waals surface area contributed by atoms with Crippen molar-refractivity contribution in [2.45, 2.75) is 78.6 Å². The van der Waals surface area contributed by atoms with Crippen LogP contribution in [-0.2, 0) is 24.7 Å². The van der Waals surface area contributed by atoms with Crippen LogP contribution in [0.15, 0.2) is 36.4 Å². The molecular weight excluding hydrogens is 498 g/mol. The Morgan fingerprint density at radius 2 is 1.62 bits per heavy atom.